The van der Waals surface area contributed by atoms with Gasteiger partial charge in [0.1, 0.15) is 0 Å². The van der Waals surface area contributed by atoms with Gasteiger partial charge in [-0.15, -0.1) is 0 Å². The molecule has 0 saturated carbocycles. The van der Waals surface area contributed by atoms with E-state index in [1.807, 2.05) is 13.0 Å². The third-order valence-corrected chi connectivity index (χ3v) is 3.53. The summed E-state index contributed by atoms with van der Waals surface area (Å²) in [5, 5.41) is 0. The van der Waals surface area contributed by atoms with Crippen molar-refractivity contribution >= 4 is 5.97 Å². The zero-order chi connectivity index (χ0) is 13.0. The summed E-state index contributed by atoms with van der Waals surface area (Å²) in [6.45, 7) is 7.17. The molecule has 1 aliphatic rings. The van der Waals surface area contributed by atoms with Crippen LogP contribution in [0.4, 0.5) is 0 Å². The van der Waals surface area contributed by atoms with Crippen LogP contribution in [-0.4, -0.2) is 30.6 Å². The first-order valence-electron chi connectivity index (χ1n) is 6.63. The van der Waals surface area contributed by atoms with Crippen LogP contribution in [0, 0.1) is 11.8 Å². The van der Waals surface area contributed by atoms with Gasteiger partial charge < -0.3 is 4.74 Å². The molecule has 2 atom stereocenters. The maximum atomic E-state index is 11.8. The van der Waals surface area contributed by atoms with Crippen molar-refractivity contribution in [2.45, 2.75) is 20.4 Å². The molecule has 0 amide bonds. The first kappa shape index (κ1) is 13.1. The average Bonchev–Trinajstić information content (AvgIpc) is 2.72. The summed E-state index contributed by atoms with van der Waals surface area (Å²) in [4.78, 5) is 14.1. The summed E-state index contributed by atoms with van der Waals surface area (Å²) in [7, 11) is 0. The molecule has 98 valence electrons. The first-order valence-corrected chi connectivity index (χ1v) is 6.63. The molecule has 3 nitrogen and oxygen atoms in total. The summed E-state index contributed by atoms with van der Waals surface area (Å²) in [5.41, 5.74) is 1.30. The van der Waals surface area contributed by atoms with Gasteiger partial charge in [-0.05, 0) is 18.4 Å². The second kappa shape index (κ2) is 6.01. The average molecular weight is 247 g/mol. The number of carbonyl (C=O) groups excluding carboxylic acids is 1. The van der Waals surface area contributed by atoms with Crippen molar-refractivity contribution in [1.82, 2.24) is 4.90 Å². The molecule has 1 heterocycles. The number of benzene rings is 1. The highest BCUT2D eigenvalue weighted by molar-refractivity contribution is 5.73. The third-order valence-electron chi connectivity index (χ3n) is 3.53. The Balaban J connectivity index is 1.92. The Bertz CT molecular complexity index is 391. The minimum Gasteiger partial charge on any atom is -0.466 e. The maximum absolute atomic E-state index is 11.8. The summed E-state index contributed by atoms with van der Waals surface area (Å²) >= 11 is 0. The van der Waals surface area contributed by atoms with Crippen LogP contribution >= 0.6 is 0 Å². The van der Waals surface area contributed by atoms with Crippen molar-refractivity contribution < 1.29 is 9.53 Å². The molecule has 0 bridgehead atoms. The lowest BCUT2D eigenvalue weighted by molar-refractivity contribution is -0.148. The van der Waals surface area contributed by atoms with Gasteiger partial charge in [-0.2, -0.15) is 0 Å². The van der Waals surface area contributed by atoms with Gasteiger partial charge in [0.05, 0.1) is 12.5 Å². The van der Waals surface area contributed by atoms with Crippen LogP contribution in [0.3, 0.4) is 0 Å². The van der Waals surface area contributed by atoms with Gasteiger partial charge in [0, 0.05) is 19.6 Å². The van der Waals surface area contributed by atoms with Crippen LogP contribution in [0.5, 0.6) is 0 Å². The molecule has 1 unspecified atom stereocenters. The number of hydrogen-bond acceptors (Lipinski definition) is 3. The van der Waals surface area contributed by atoms with Crippen molar-refractivity contribution in [2.24, 2.45) is 11.8 Å². The van der Waals surface area contributed by atoms with E-state index in [-0.39, 0.29) is 11.9 Å². The molecule has 2 rings (SSSR count). The SMILES string of the molecule is CCOC(=O)C1CN(Cc2ccccc2)C[C@H]1C. The molecule has 18 heavy (non-hydrogen) atoms. The Hall–Kier alpha value is -1.35. The number of likely N-dealkylation sites (tertiary alicyclic amines) is 1. The molecule has 1 aromatic carbocycles. The van der Waals surface area contributed by atoms with E-state index in [2.05, 4.69) is 36.1 Å². The molecule has 1 aliphatic heterocycles. The number of nitrogens with zero attached hydrogens (tertiary/aromatic N) is 1. The molecule has 3 heteroatoms. The molecule has 1 aromatic rings. The Morgan fingerprint density at radius 1 is 1.33 bits per heavy atom. The Labute approximate surface area is 109 Å². The van der Waals surface area contributed by atoms with Crippen LogP contribution in [0.2, 0.25) is 0 Å². The second-order valence-electron chi connectivity index (χ2n) is 5.02. The molecule has 0 N–H and O–H groups in total. The highest BCUT2D eigenvalue weighted by Gasteiger charge is 2.35. The van der Waals surface area contributed by atoms with Gasteiger partial charge in [0.15, 0.2) is 0 Å². The first-order chi connectivity index (χ1) is 8.70. The van der Waals surface area contributed by atoms with Gasteiger partial charge in [0.2, 0.25) is 0 Å². The predicted molar refractivity (Wildman–Crippen MR) is 71.0 cm³/mol. The van der Waals surface area contributed by atoms with E-state index in [4.69, 9.17) is 4.74 Å². The standard InChI is InChI=1S/C15H21NO2/c1-3-18-15(17)14-11-16(9-12(14)2)10-13-7-5-4-6-8-13/h4-8,12,14H,3,9-11H2,1-2H3/t12-,14?/m1/s1. The molecule has 1 saturated heterocycles. The lowest BCUT2D eigenvalue weighted by Crippen LogP contribution is -2.25. The van der Waals surface area contributed by atoms with Crippen LogP contribution in [0.15, 0.2) is 30.3 Å². The Kier molecular flexibility index (Phi) is 4.37. The highest BCUT2D eigenvalue weighted by atomic mass is 16.5. The highest BCUT2D eigenvalue weighted by Crippen LogP contribution is 2.25. The predicted octanol–water partition coefficient (Wildman–Crippen LogP) is 2.32. The number of esters is 1. The molecule has 0 aromatic heterocycles. The van der Waals surface area contributed by atoms with Crippen LogP contribution < -0.4 is 0 Å². The van der Waals surface area contributed by atoms with Crippen molar-refractivity contribution in [1.29, 1.82) is 0 Å². The van der Waals surface area contributed by atoms with Crippen molar-refractivity contribution in [3.8, 4) is 0 Å². The van der Waals surface area contributed by atoms with Gasteiger partial charge in [-0.1, -0.05) is 37.3 Å². The normalized spacial score (nSPS) is 24.1. The van der Waals surface area contributed by atoms with E-state index in [9.17, 15) is 4.79 Å². The zero-order valence-corrected chi connectivity index (χ0v) is 11.1. The summed E-state index contributed by atoms with van der Waals surface area (Å²) in [6, 6.07) is 10.4. The molecule has 0 aliphatic carbocycles. The largest absolute Gasteiger partial charge is 0.466 e. The van der Waals surface area contributed by atoms with Crippen LogP contribution in [0.1, 0.15) is 19.4 Å². The maximum Gasteiger partial charge on any atom is 0.310 e. The lowest BCUT2D eigenvalue weighted by Gasteiger charge is -2.15. The van der Waals surface area contributed by atoms with E-state index >= 15 is 0 Å². The zero-order valence-electron chi connectivity index (χ0n) is 11.1. The van der Waals surface area contributed by atoms with Crippen LogP contribution in [0.25, 0.3) is 0 Å². The van der Waals surface area contributed by atoms with Gasteiger partial charge in [-0.3, -0.25) is 9.69 Å². The molecule has 0 radical (unpaired) electrons. The van der Waals surface area contributed by atoms with E-state index < -0.39 is 0 Å². The molecule has 1 fully saturated rings. The number of hydrogen-bond donors (Lipinski definition) is 0. The van der Waals surface area contributed by atoms with E-state index in [0.717, 1.165) is 19.6 Å². The molecular formula is C15H21NO2. The number of carbonyl (C=O) groups is 1. The third kappa shape index (κ3) is 3.10. The van der Waals surface area contributed by atoms with Crippen LogP contribution in [-0.2, 0) is 16.1 Å². The van der Waals surface area contributed by atoms with Gasteiger partial charge >= 0.3 is 5.97 Å². The Morgan fingerprint density at radius 3 is 2.72 bits per heavy atom. The van der Waals surface area contributed by atoms with E-state index in [1.54, 1.807) is 0 Å². The molecular weight excluding hydrogens is 226 g/mol. The summed E-state index contributed by atoms with van der Waals surface area (Å²) in [6.07, 6.45) is 0. The molecule has 0 spiro atoms. The van der Waals surface area contributed by atoms with Gasteiger partial charge in [-0.25, -0.2) is 0 Å². The van der Waals surface area contributed by atoms with Crippen molar-refractivity contribution in [2.75, 3.05) is 19.7 Å². The lowest BCUT2D eigenvalue weighted by atomic mass is 9.99. The minimum atomic E-state index is -0.0411. The van der Waals surface area contributed by atoms with E-state index in [1.165, 1.54) is 5.56 Å². The Morgan fingerprint density at radius 2 is 2.06 bits per heavy atom. The second-order valence-corrected chi connectivity index (χ2v) is 5.02. The fraction of sp³-hybridized carbons (Fsp3) is 0.533. The van der Waals surface area contributed by atoms with Gasteiger partial charge in [0.25, 0.3) is 0 Å². The quantitative estimate of drug-likeness (QED) is 0.765. The van der Waals surface area contributed by atoms with Crippen molar-refractivity contribution in [3.05, 3.63) is 35.9 Å². The minimum absolute atomic E-state index is 0.0358. The summed E-state index contributed by atoms with van der Waals surface area (Å²) in [5.74, 6) is 0.377. The smallest absolute Gasteiger partial charge is 0.310 e. The monoisotopic (exact) mass is 247 g/mol. The summed E-state index contributed by atoms with van der Waals surface area (Å²) < 4.78 is 5.13. The van der Waals surface area contributed by atoms with E-state index in [0.29, 0.717) is 12.5 Å². The number of rotatable bonds is 4. The topological polar surface area (TPSA) is 29.5 Å². The number of ether oxygens (including phenoxy) is 1. The fourth-order valence-corrected chi connectivity index (χ4v) is 2.59. The fourth-order valence-electron chi connectivity index (χ4n) is 2.59. The van der Waals surface area contributed by atoms with Crippen molar-refractivity contribution in [3.63, 3.8) is 0 Å².